The molecule has 1 radical (unpaired) electrons. The lowest BCUT2D eigenvalue weighted by Crippen LogP contribution is -2.18. The number of anilines is 2. The molecular formula is C23H14Cl5N2O2. The van der Waals surface area contributed by atoms with Crippen molar-refractivity contribution in [3.63, 3.8) is 0 Å². The van der Waals surface area contributed by atoms with Gasteiger partial charge in [-0.3, -0.25) is 9.59 Å². The zero-order valence-corrected chi connectivity index (χ0v) is 19.9. The Kier molecular flexibility index (Phi) is 6.62. The second kappa shape index (κ2) is 9.12. The highest BCUT2D eigenvalue weighted by Crippen LogP contribution is 2.65. The zero-order valence-electron chi connectivity index (χ0n) is 16.1. The van der Waals surface area contributed by atoms with E-state index in [1.54, 1.807) is 48.5 Å². The van der Waals surface area contributed by atoms with Gasteiger partial charge in [0.2, 0.25) is 5.91 Å². The van der Waals surface area contributed by atoms with Crippen LogP contribution in [0.25, 0.3) is 0 Å². The second-order valence-corrected chi connectivity index (χ2v) is 9.99. The van der Waals surface area contributed by atoms with Crippen molar-refractivity contribution in [2.45, 2.75) is 10.3 Å². The minimum absolute atomic E-state index is 0.199. The van der Waals surface area contributed by atoms with Crippen LogP contribution < -0.4 is 10.6 Å². The van der Waals surface area contributed by atoms with Crippen molar-refractivity contribution in [1.29, 1.82) is 0 Å². The van der Waals surface area contributed by atoms with Gasteiger partial charge in [-0.2, -0.15) is 0 Å². The fraction of sp³-hybridized carbons (Fsp3) is 0.130. The molecule has 2 unspecified atom stereocenters. The fourth-order valence-corrected chi connectivity index (χ4v) is 5.06. The van der Waals surface area contributed by atoms with Gasteiger partial charge in [-0.25, -0.2) is 0 Å². The first-order chi connectivity index (χ1) is 15.2. The molecule has 1 aliphatic rings. The molecule has 0 saturated heterocycles. The molecule has 9 heteroatoms. The summed E-state index contributed by atoms with van der Waals surface area (Å²) in [6.45, 7) is 0. The Morgan fingerprint density at radius 2 is 1.62 bits per heavy atom. The van der Waals surface area contributed by atoms with Crippen LogP contribution in [0.1, 0.15) is 21.8 Å². The van der Waals surface area contributed by atoms with Gasteiger partial charge in [-0.05, 0) is 60.2 Å². The first kappa shape index (κ1) is 23.2. The maximum absolute atomic E-state index is 12.9. The van der Waals surface area contributed by atoms with E-state index in [0.717, 1.165) is 0 Å². The highest BCUT2D eigenvalue weighted by atomic mass is 35.5. The van der Waals surface area contributed by atoms with Crippen molar-refractivity contribution in [3.05, 3.63) is 92.9 Å². The molecule has 3 aromatic carbocycles. The Balaban J connectivity index is 1.51. The number of alkyl halides is 2. The first-order valence-corrected chi connectivity index (χ1v) is 11.3. The third-order valence-corrected chi connectivity index (χ3v) is 6.73. The molecule has 2 atom stereocenters. The first-order valence-electron chi connectivity index (χ1n) is 9.38. The van der Waals surface area contributed by atoms with Crippen LogP contribution in [0, 0.1) is 12.0 Å². The highest BCUT2D eigenvalue weighted by Gasteiger charge is 2.67. The summed E-state index contributed by atoms with van der Waals surface area (Å²) in [5.74, 6) is -2.03. The summed E-state index contributed by atoms with van der Waals surface area (Å²) in [6.07, 6.45) is 0. The molecular weight excluding hydrogens is 514 g/mol. The Morgan fingerprint density at radius 3 is 2.28 bits per heavy atom. The smallest absolute Gasteiger partial charge is 0.257 e. The lowest BCUT2D eigenvalue weighted by atomic mass is 10.1. The molecule has 0 bridgehead atoms. The molecule has 2 amide bonds. The van der Waals surface area contributed by atoms with Crippen LogP contribution in [0.3, 0.4) is 0 Å². The lowest BCUT2D eigenvalue weighted by Gasteiger charge is -2.10. The van der Waals surface area contributed by atoms with E-state index >= 15 is 0 Å². The maximum atomic E-state index is 12.9. The molecule has 4 nitrogen and oxygen atoms in total. The van der Waals surface area contributed by atoms with Gasteiger partial charge in [0.05, 0.1) is 16.5 Å². The Morgan fingerprint density at radius 1 is 0.906 bits per heavy atom. The van der Waals surface area contributed by atoms with E-state index in [1.165, 1.54) is 12.1 Å². The van der Waals surface area contributed by atoms with Crippen LogP contribution in [-0.2, 0) is 4.79 Å². The number of hydrogen-bond acceptors (Lipinski definition) is 2. The van der Waals surface area contributed by atoms with Crippen LogP contribution in [0.15, 0.2) is 60.7 Å². The maximum Gasteiger partial charge on any atom is 0.257 e. The summed E-state index contributed by atoms with van der Waals surface area (Å²) >= 11 is 31.1. The number of hydrogen-bond donors (Lipinski definition) is 2. The molecule has 1 fully saturated rings. The van der Waals surface area contributed by atoms with Crippen molar-refractivity contribution in [3.8, 4) is 0 Å². The van der Waals surface area contributed by atoms with E-state index in [9.17, 15) is 9.59 Å². The van der Waals surface area contributed by atoms with E-state index in [4.69, 9.17) is 58.0 Å². The van der Waals surface area contributed by atoms with Gasteiger partial charge in [0.15, 0.2) is 0 Å². The van der Waals surface area contributed by atoms with Crippen LogP contribution in [0.4, 0.5) is 11.4 Å². The molecule has 32 heavy (non-hydrogen) atoms. The van der Waals surface area contributed by atoms with E-state index < -0.39 is 28.0 Å². The summed E-state index contributed by atoms with van der Waals surface area (Å²) < 4.78 is -1.31. The van der Waals surface area contributed by atoms with Crippen LogP contribution >= 0.6 is 58.0 Å². The number of carbonyl (C=O) groups excluding carboxylic acids is 2. The SMILES string of the molecule is O=C(Nc1c[c]ccc1)c1cc(NC(=O)C2C(c3cc(Cl)cc(Cl)c3)C2(Cl)Cl)ccc1Cl. The Labute approximate surface area is 209 Å². The van der Waals surface area contributed by atoms with Crippen molar-refractivity contribution < 1.29 is 9.59 Å². The van der Waals surface area contributed by atoms with E-state index in [1.807, 2.05) is 0 Å². The van der Waals surface area contributed by atoms with Gasteiger partial charge in [-0.15, -0.1) is 23.2 Å². The summed E-state index contributed by atoms with van der Waals surface area (Å²) in [5, 5.41) is 6.57. The third kappa shape index (κ3) is 4.85. The highest BCUT2D eigenvalue weighted by molar-refractivity contribution is 6.53. The molecule has 1 aliphatic carbocycles. The molecule has 0 heterocycles. The molecule has 4 rings (SSSR count). The van der Waals surface area contributed by atoms with E-state index in [-0.39, 0.29) is 10.6 Å². The van der Waals surface area contributed by atoms with Crippen LogP contribution in [0.5, 0.6) is 0 Å². The average Bonchev–Trinajstić information content (AvgIpc) is 3.31. The normalized spacial score (nSPS) is 18.7. The molecule has 0 aromatic heterocycles. The van der Waals surface area contributed by atoms with E-state index in [0.29, 0.717) is 27.0 Å². The number of nitrogens with one attached hydrogen (secondary N) is 2. The minimum Gasteiger partial charge on any atom is -0.326 e. The van der Waals surface area contributed by atoms with E-state index in [2.05, 4.69) is 16.7 Å². The topological polar surface area (TPSA) is 58.2 Å². The van der Waals surface area contributed by atoms with Crippen molar-refractivity contribution >= 4 is 81.2 Å². The van der Waals surface area contributed by atoms with Crippen LogP contribution in [-0.4, -0.2) is 16.1 Å². The number of rotatable bonds is 5. The number of benzene rings is 3. The minimum atomic E-state index is -1.31. The fourth-order valence-electron chi connectivity index (χ4n) is 3.49. The molecule has 3 aromatic rings. The summed E-state index contributed by atoms with van der Waals surface area (Å²) in [6, 6.07) is 19.2. The molecule has 163 valence electrons. The quantitative estimate of drug-likeness (QED) is 0.344. The van der Waals surface area contributed by atoms with Gasteiger partial charge in [0, 0.05) is 27.3 Å². The summed E-state index contributed by atoms with van der Waals surface area (Å²) in [4.78, 5) is 25.6. The van der Waals surface area contributed by atoms with Crippen molar-refractivity contribution in [2.75, 3.05) is 10.6 Å². The number of halogens is 5. The average molecular weight is 528 g/mol. The monoisotopic (exact) mass is 525 g/mol. The molecule has 0 spiro atoms. The predicted octanol–water partition coefficient (Wildman–Crippen LogP) is 7.23. The molecule has 0 aliphatic heterocycles. The Hall–Kier alpha value is -1.95. The molecule has 1 saturated carbocycles. The Bertz CT molecular complexity index is 1180. The number of amides is 2. The second-order valence-electron chi connectivity index (χ2n) is 7.26. The standard InChI is InChI=1S/C23H14Cl5N2O2/c24-13-8-12(9-14(25)10-13)19-20(23(19,27)28)22(32)30-16-6-7-18(26)17(11-16)21(31)29-15-4-2-1-3-5-15/h1-2,4-11,19-20H,(H,29,31)(H,30,32). The third-order valence-electron chi connectivity index (χ3n) is 5.02. The van der Waals surface area contributed by atoms with Gasteiger partial charge in [-0.1, -0.05) is 46.9 Å². The van der Waals surface area contributed by atoms with Gasteiger partial charge in [0.1, 0.15) is 4.33 Å². The number of carbonyl (C=O) groups is 2. The van der Waals surface area contributed by atoms with Gasteiger partial charge >= 0.3 is 0 Å². The summed E-state index contributed by atoms with van der Waals surface area (Å²) in [7, 11) is 0. The van der Waals surface area contributed by atoms with Gasteiger partial charge in [0.25, 0.3) is 5.91 Å². The zero-order chi connectivity index (χ0) is 23.0. The predicted molar refractivity (Wildman–Crippen MR) is 130 cm³/mol. The summed E-state index contributed by atoms with van der Waals surface area (Å²) in [5.41, 5.74) is 1.81. The largest absolute Gasteiger partial charge is 0.326 e. The van der Waals surface area contributed by atoms with Crippen LogP contribution in [0.2, 0.25) is 15.1 Å². The molecule has 2 N–H and O–H groups in total. The van der Waals surface area contributed by atoms with Crippen molar-refractivity contribution in [1.82, 2.24) is 0 Å². The lowest BCUT2D eigenvalue weighted by molar-refractivity contribution is -0.117. The van der Waals surface area contributed by atoms with Gasteiger partial charge < -0.3 is 10.6 Å². The van der Waals surface area contributed by atoms with Crippen molar-refractivity contribution in [2.24, 2.45) is 5.92 Å².